The number of nitrogens with zero attached hydrogens (tertiary/aromatic N) is 2. The van der Waals surface area contributed by atoms with Crippen molar-refractivity contribution in [3.05, 3.63) is 47.5 Å². The Balaban J connectivity index is 1.79. The number of hydrazone groups is 1. The summed E-state index contributed by atoms with van der Waals surface area (Å²) in [5.74, 6) is 0.458. The average Bonchev–Trinajstić information content (AvgIpc) is 2.97. The first-order valence-electron chi connectivity index (χ1n) is 9.96. The number of rotatable bonds is 9. The zero-order valence-electron chi connectivity index (χ0n) is 17.9. The molecule has 0 saturated carbocycles. The van der Waals surface area contributed by atoms with Crippen molar-refractivity contribution >= 4 is 5.71 Å². The molecule has 1 aromatic carbocycles. The van der Waals surface area contributed by atoms with Gasteiger partial charge in [-0.05, 0) is 51.5 Å². The topological polar surface area (TPSA) is 34.1 Å². The lowest BCUT2D eigenvalue weighted by molar-refractivity contribution is -0.0151. The van der Waals surface area contributed by atoms with Crippen LogP contribution in [-0.2, 0) is 16.1 Å². The second kappa shape index (κ2) is 10.0. The van der Waals surface area contributed by atoms with Gasteiger partial charge in [0, 0.05) is 14.1 Å². The summed E-state index contributed by atoms with van der Waals surface area (Å²) in [6, 6.07) is 10.3. The maximum atomic E-state index is 6.38. The highest BCUT2D eigenvalue weighted by Gasteiger charge is 2.38. The molecule has 0 bridgehead atoms. The van der Waals surface area contributed by atoms with Gasteiger partial charge in [0.1, 0.15) is 0 Å². The van der Waals surface area contributed by atoms with Gasteiger partial charge in [0.05, 0.1) is 30.6 Å². The smallest absolute Gasteiger partial charge is 0.0979 e. The minimum atomic E-state index is -0.0746. The molecule has 1 heterocycles. The van der Waals surface area contributed by atoms with E-state index in [0.29, 0.717) is 19.1 Å². The van der Waals surface area contributed by atoms with Gasteiger partial charge in [-0.25, -0.2) is 0 Å². The van der Waals surface area contributed by atoms with E-state index in [1.54, 1.807) is 0 Å². The second-order valence-electron chi connectivity index (χ2n) is 8.36. The van der Waals surface area contributed by atoms with E-state index in [4.69, 9.17) is 9.47 Å². The first kappa shape index (κ1) is 21.6. The maximum absolute atomic E-state index is 6.38. The first-order chi connectivity index (χ1) is 12.8. The zero-order chi connectivity index (χ0) is 19.9. The van der Waals surface area contributed by atoms with E-state index in [1.165, 1.54) is 11.1 Å². The largest absolute Gasteiger partial charge is 0.372 e. The predicted molar refractivity (Wildman–Crippen MR) is 113 cm³/mol. The van der Waals surface area contributed by atoms with Gasteiger partial charge in [-0.2, -0.15) is 5.10 Å². The highest BCUT2D eigenvalue weighted by molar-refractivity contribution is 5.86. The van der Waals surface area contributed by atoms with Crippen LogP contribution in [0.1, 0.15) is 52.5 Å². The van der Waals surface area contributed by atoms with Gasteiger partial charge in [0.15, 0.2) is 0 Å². The summed E-state index contributed by atoms with van der Waals surface area (Å²) in [4.78, 5) is 0. The highest BCUT2D eigenvalue weighted by atomic mass is 16.5. The summed E-state index contributed by atoms with van der Waals surface area (Å²) >= 11 is 0. The van der Waals surface area contributed by atoms with Crippen LogP contribution in [0.2, 0.25) is 0 Å². The SMILES string of the molecule is C/C(=C\[C@H](C)C[C@@]1(C)CC[C@H](/C(C)=N/N(C)C)O1)COCc1ccccc1. The van der Waals surface area contributed by atoms with Gasteiger partial charge in [0.2, 0.25) is 0 Å². The number of hydrogen-bond acceptors (Lipinski definition) is 4. The molecular formula is C23H36N2O2. The fourth-order valence-electron chi connectivity index (χ4n) is 3.90. The molecule has 1 aliphatic rings. The van der Waals surface area contributed by atoms with Crippen molar-refractivity contribution in [2.45, 2.75) is 65.3 Å². The molecule has 0 amide bonds. The summed E-state index contributed by atoms with van der Waals surface area (Å²) in [5.41, 5.74) is 3.49. The molecule has 1 aromatic rings. The molecule has 1 saturated heterocycles. The standard InChI is InChI=1S/C23H36N2O2/c1-18(14-19(2)16-26-17-21-10-8-7-9-11-21)15-23(4)13-12-22(27-23)20(3)24-25(5)6/h7-11,14,18,22H,12-13,15-17H2,1-6H3/b19-14+,24-20+/t18-,22+,23+/m0/s1. The van der Waals surface area contributed by atoms with Gasteiger partial charge in [-0.3, -0.25) is 0 Å². The first-order valence-corrected chi connectivity index (χ1v) is 9.96. The Bertz CT molecular complexity index is 639. The van der Waals surface area contributed by atoms with Crippen molar-refractivity contribution in [2.75, 3.05) is 20.7 Å². The minimum absolute atomic E-state index is 0.0746. The van der Waals surface area contributed by atoms with E-state index in [1.807, 2.05) is 37.3 Å². The van der Waals surface area contributed by atoms with Crippen LogP contribution in [0.25, 0.3) is 0 Å². The van der Waals surface area contributed by atoms with Crippen LogP contribution in [0.4, 0.5) is 0 Å². The van der Waals surface area contributed by atoms with Crippen molar-refractivity contribution in [3.8, 4) is 0 Å². The van der Waals surface area contributed by atoms with Crippen LogP contribution in [-0.4, -0.2) is 43.1 Å². The normalized spacial score (nSPS) is 24.9. The van der Waals surface area contributed by atoms with Crippen molar-refractivity contribution in [2.24, 2.45) is 11.0 Å². The second-order valence-corrected chi connectivity index (χ2v) is 8.36. The molecule has 0 N–H and O–H groups in total. The Hall–Kier alpha value is -1.65. The maximum Gasteiger partial charge on any atom is 0.0979 e. The Morgan fingerprint density at radius 2 is 2.04 bits per heavy atom. The molecule has 4 nitrogen and oxygen atoms in total. The van der Waals surface area contributed by atoms with Crippen LogP contribution >= 0.6 is 0 Å². The molecule has 1 aliphatic heterocycles. The molecule has 4 heteroatoms. The van der Waals surface area contributed by atoms with E-state index in [-0.39, 0.29) is 11.7 Å². The summed E-state index contributed by atoms with van der Waals surface area (Å²) in [6.07, 6.45) is 5.63. The van der Waals surface area contributed by atoms with Crippen LogP contribution < -0.4 is 0 Å². The number of allylic oxidation sites excluding steroid dienone is 1. The van der Waals surface area contributed by atoms with E-state index in [0.717, 1.165) is 25.0 Å². The third-order valence-electron chi connectivity index (χ3n) is 4.95. The molecule has 3 atom stereocenters. The van der Waals surface area contributed by atoms with Crippen molar-refractivity contribution < 1.29 is 9.47 Å². The minimum Gasteiger partial charge on any atom is -0.372 e. The molecule has 0 aliphatic carbocycles. The number of hydrogen-bond donors (Lipinski definition) is 0. The summed E-state index contributed by atoms with van der Waals surface area (Å²) < 4.78 is 12.2. The van der Waals surface area contributed by atoms with Gasteiger partial charge in [0.25, 0.3) is 0 Å². The molecule has 1 fully saturated rings. The molecule has 27 heavy (non-hydrogen) atoms. The van der Waals surface area contributed by atoms with Gasteiger partial charge >= 0.3 is 0 Å². The van der Waals surface area contributed by atoms with Crippen LogP contribution in [0.15, 0.2) is 47.1 Å². The third kappa shape index (κ3) is 7.47. The van der Waals surface area contributed by atoms with E-state index in [2.05, 4.69) is 51.0 Å². The Labute approximate surface area is 165 Å². The molecule has 150 valence electrons. The van der Waals surface area contributed by atoms with Crippen molar-refractivity contribution in [1.29, 1.82) is 0 Å². The zero-order valence-corrected chi connectivity index (χ0v) is 17.9. The fraction of sp³-hybridized carbons (Fsp3) is 0.609. The molecule has 0 aromatic heterocycles. The van der Waals surface area contributed by atoms with Gasteiger partial charge in [-0.1, -0.05) is 48.9 Å². The Morgan fingerprint density at radius 3 is 2.70 bits per heavy atom. The average molecular weight is 373 g/mol. The summed E-state index contributed by atoms with van der Waals surface area (Å²) in [5, 5.41) is 6.35. The molecular weight excluding hydrogens is 336 g/mol. The lowest BCUT2D eigenvalue weighted by Gasteiger charge is -2.27. The summed E-state index contributed by atoms with van der Waals surface area (Å²) in [7, 11) is 3.90. The third-order valence-corrected chi connectivity index (χ3v) is 4.95. The molecule has 0 spiro atoms. The quantitative estimate of drug-likeness (QED) is 0.345. The van der Waals surface area contributed by atoms with Crippen molar-refractivity contribution in [3.63, 3.8) is 0 Å². The highest BCUT2D eigenvalue weighted by Crippen LogP contribution is 2.36. The van der Waals surface area contributed by atoms with Crippen LogP contribution in [0.3, 0.4) is 0 Å². The number of benzene rings is 1. The summed E-state index contributed by atoms with van der Waals surface area (Å²) in [6.45, 7) is 10.1. The lowest BCUT2D eigenvalue weighted by atomic mass is 9.89. The van der Waals surface area contributed by atoms with Crippen molar-refractivity contribution in [1.82, 2.24) is 5.01 Å². The predicted octanol–water partition coefficient (Wildman–Crippen LogP) is 5.05. The fourth-order valence-corrected chi connectivity index (χ4v) is 3.90. The monoisotopic (exact) mass is 372 g/mol. The molecule has 2 rings (SSSR count). The number of ether oxygens (including phenoxy) is 2. The van der Waals surface area contributed by atoms with E-state index < -0.39 is 0 Å². The Morgan fingerprint density at radius 1 is 1.33 bits per heavy atom. The lowest BCUT2D eigenvalue weighted by Crippen LogP contribution is -2.30. The Kier molecular flexibility index (Phi) is 8.06. The van der Waals surface area contributed by atoms with Gasteiger partial charge < -0.3 is 14.5 Å². The van der Waals surface area contributed by atoms with E-state index >= 15 is 0 Å². The van der Waals surface area contributed by atoms with Crippen LogP contribution in [0.5, 0.6) is 0 Å². The van der Waals surface area contributed by atoms with E-state index in [9.17, 15) is 0 Å². The molecule has 0 unspecified atom stereocenters. The van der Waals surface area contributed by atoms with Crippen LogP contribution in [0, 0.1) is 5.92 Å². The molecule has 0 radical (unpaired) electrons. The van der Waals surface area contributed by atoms with Gasteiger partial charge in [-0.15, -0.1) is 0 Å².